The van der Waals surface area contributed by atoms with E-state index in [0.29, 0.717) is 0 Å². The molecule has 1 nitrogen and oxygen atoms in total. The number of hydrogen-bond acceptors (Lipinski definition) is 3. The number of rotatable bonds is 3. The van der Waals surface area contributed by atoms with E-state index in [4.69, 9.17) is 0 Å². The fourth-order valence-corrected chi connectivity index (χ4v) is 3.68. The van der Waals surface area contributed by atoms with Crippen molar-refractivity contribution >= 4 is 35.9 Å². The van der Waals surface area contributed by atoms with Crippen molar-refractivity contribution < 1.29 is 5.02 Å². The first-order valence-electron chi connectivity index (χ1n) is 6.39. The molecule has 0 amide bonds. The van der Waals surface area contributed by atoms with Gasteiger partial charge < -0.3 is 5.02 Å². The van der Waals surface area contributed by atoms with Crippen molar-refractivity contribution in [3.8, 4) is 0 Å². The molecule has 1 aliphatic rings. The molecule has 2 aromatic rings. The van der Waals surface area contributed by atoms with Gasteiger partial charge in [-0.2, -0.15) is 0 Å². The summed E-state index contributed by atoms with van der Waals surface area (Å²) < 4.78 is 0. The second-order valence-electron chi connectivity index (χ2n) is 4.69. The van der Waals surface area contributed by atoms with Gasteiger partial charge in [-0.3, -0.25) is 0 Å². The molecule has 3 rings (SSSR count). The summed E-state index contributed by atoms with van der Waals surface area (Å²) in [6.07, 6.45) is 3.96. The van der Waals surface area contributed by atoms with Crippen LogP contribution in [0.25, 0.3) is 0 Å². The summed E-state index contributed by atoms with van der Waals surface area (Å²) in [7, 11) is 0. The van der Waals surface area contributed by atoms with Crippen LogP contribution in [0.15, 0.2) is 57.2 Å². The SMILES string of the molecule is CSc1ccc(Sc2ccc3c(c2)B(O)CC3)cc1. The summed E-state index contributed by atoms with van der Waals surface area (Å²) in [6.45, 7) is -0.269. The van der Waals surface area contributed by atoms with E-state index in [1.807, 2.05) is 0 Å². The van der Waals surface area contributed by atoms with E-state index in [2.05, 4.69) is 48.7 Å². The molecule has 4 heteroatoms. The van der Waals surface area contributed by atoms with Gasteiger partial charge in [0.1, 0.15) is 0 Å². The molecule has 2 aromatic carbocycles. The van der Waals surface area contributed by atoms with E-state index in [9.17, 15) is 5.02 Å². The molecule has 0 unspecified atom stereocenters. The van der Waals surface area contributed by atoms with Gasteiger partial charge in [-0.15, -0.1) is 11.8 Å². The van der Waals surface area contributed by atoms with Crippen LogP contribution in [0.3, 0.4) is 0 Å². The van der Waals surface area contributed by atoms with E-state index in [0.717, 1.165) is 18.2 Å². The van der Waals surface area contributed by atoms with Crippen molar-refractivity contribution in [2.45, 2.75) is 27.4 Å². The van der Waals surface area contributed by atoms with Crippen molar-refractivity contribution in [2.75, 3.05) is 6.26 Å². The topological polar surface area (TPSA) is 20.2 Å². The fraction of sp³-hybridized carbons (Fsp3) is 0.200. The molecular formula is C15H15BOS2. The quantitative estimate of drug-likeness (QED) is 0.690. The lowest BCUT2D eigenvalue weighted by Gasteiger charge is -2.06. The van der Waals surface area contributed by atoms with Crippen LogP contribution in [0.5, 0.6) is 0 Å². The average molecular weight is 286 g/mol. The smallest absolute Gasteiger partial charge is 0.324 e. The third kappa shape index (κ3) is 2.86. The molecule has 19 heavy (non-hydrogen) atoms. The highest BCUT2D eigenvalue weighted by atomic mass is 32.2. The molecule has 1 N–H and O–H groups in total. The van der Waals surface area contributed by atoms with Gasteiger partial charge in [0.25, 0.3) is 0 Å². The average Bonchev–Trinajstić information content (AvgIpc) is 2.81. The predicted octanol–water partition coefficient (Wildman–Crippen LogP) is 3.31. The lowest BCUT2D eigenvalue weighted by Crippen LogP contribution is -2.25. The second-order valence-corrected chi connectivity index (χ2v) is 6.72. The van der Waals surface area contributed by atoms with E-state index in [1.165, 1.54) is 20.2 Å². The number of fused-ring (bicyclic) bond motifs is 1. The van der Waals surface area contributed by atoms with Gasteiger partial charge in [-0.25, -0.2) is 0 Å². The van der Waals surface area contributed by atoms with Crippen LogP contribution in [0.1, 0.15) is 5.56 Å². The van der Waals surface area contributed by atoms with Crippen LogP contribution in [0.2, 0.25) is 6.32 Å². The molecule has 0 bridgehead atoms. The molecule has 0 spiro atoms. The minimum absolute atomic E-state index is 0.269. The highest BCUT2D eigenvalue weighted by Crippen LogP contribution is 2.30. The van der Waals surface area contributed by atoms with E-state index < -0.39 is 0 Å². The van der Waals surface area contributed by atoms with Crippen LogP contribution in [0.4, 0.5) is 0 Å². The first-order valence-corrected chi connectivity index (χ1v) is 8.43. The van der Waals surface area contributed by atoms with Gasteiger partial charge in [0.05, 0.1) is 0 Å². The van der Waals surface area contributed by atoms with Crippen molar-refractivity contribution in [1.29, 1.82) is 0 Å². The summed E-state index contributed by atoms with van der Waals surface area (Å²) in [5, 5.41) is 9.93. The van der Waals surface area contributed by atoms with Gasteiger partial charge in [-0.1, -0.05) is 29.5 Å². The zero-order valence-corrected chi connectivity index (χ0v) is 12.4. The van der Waals surface area contributed by atoms with Gasteiger partial charge in [0.2, 0.25) is 0 Å². The first kappa shape index (κ1) is 13.2. The third-order valence-corrected chi connectivity index (χ3v) is 5.20. The van der Waals surface area contributed by atoms with E-state index in [-0.39, 0.29) is 6.92 Å². The Morgan fingerprint density at radius 1 is 1.00 bits per heavy atom. The summed E-state index contributed by atoms with van der Waals surface area (Å²) in [5.41, 5.74) is 2.42. The number of hydrogen-bond donors (Lipinski definition) is 1. The molecular weight excluding hydrogens is 271 g/mol. The van der Waals surface area contributed by atoms with Crippen LogP contribution < -0.4 is 5.46 Å². The molecule has 0 radical (unpaired) electrons. The van der Waals surface area contributed by atoms with Crippen LogP contribution in [-0.4, -0.2) is 18.2 Å². The van der Waals surface area contributed by atoms with Crippen LogP contribution in [0, 0.1) is 0 Å². The molecule has 1 heterocycles. The molecule has 96 valence electrons. The summed E-state index contributed by atoms with van der Waals surface area (Å²) in [6, 6.07) is 15.1. The fourth-order valence-electron chi connectivity index (χ4n) is 2.40. The number of benzene rings is 2. The van der Waals surface area contributed by atoms with E-state index in [1.54, 1.807) is 23.5 Å². The molecule has 0 saturated carbocycles. The normalized spacial score (nSPS) is 13.7. The maximum Gasteiger partial charge on any atom is 0.324 e. The zero-order chi connectivity index (χ0) is 13.2. The predicted molar refractivity (Wildman–Crippen MR) is 84.9 cm³/mol. The monoisotopic (exact) mass is 286 g/mol. The molecule has 1 aliphatic heterocycles. The summed E-state index contributed by atoms with van der Waals surface area (Å²) in [4.78, 5) is 3.73. The van der Waals surface area contributed by atoms with Crippen LogP contribution >= 0.6 is 23.5 Å². The largest absolute Gasteiger partial charge is 0.446 e. The maximum absolute atomic E-state index is 9.93. The molecule has 0 aliphatic carbocycles. The Kier molecular flexibility index (Phi) is 3.92. The molecule has 0 aromatic heterocycles. The molecule has 0 atom stereocenters. The van der Waals surface area contributed by atoms with E-state index >= 15 is 0 Å². The zero-order valence-electron chi connectivity index (χ0n) is 10.8. The van der Waals surface area contributed by atoms with Crippen molar-refractivity contribution in [3.05, 3.63) is 48.0 Å². The third-order valence-electron chi connectivity index (χ3n) is 3.46. The van der Waals surface area contributed by atoms with Crippen LogP contribution in [-0.2, 0) is 6.42 Å². The highest BCUT2D eigenvalue weighted by Gasteiger charge is 2.24. The van der Waals surface area contributed by atoms with Gasteiger partial charge in [0, 0.05) is 14.7 Å². The first-order chi connectivity index (χ1) is 9.26. The lowest BCUT2D eigenvalue weighted by molar-refractivity contribution is 0.587. The lowest BCUT2D eigenvalue weighted by atomic mass is 9.63. The molecule has 0 fully saturated rings. The Morgan fingerprint density at radius 3 is 2.42 bits per heavy atom. The summed E-state index contributed by atoms with van der Waals surface area (Å²) in [5.74, 6) is 0. The van der Waals surface area contributed by atoms with Gasteiger partial charge in [0.15, 0.2) is 0 Å². The Labute approximate surface area is 122 Å². The Hall–Kier alpha value is -0.835. The van der Waals surface area contributed by atoms with Gasteiger partial charge >= 0.3 is 6.92 Å². The second kappa shape index (κ2) is 5.65. The minimum atomic E-state index is -0.269. The number of aryl methyl sites for hydroxylation is 1. The number of thioether (sulfide) groups is 1. The van der Waals surface area contributed by atoms with Gasteiger partial charge in [-0.05, 0) is 54.8 Å². The molecule has 0 saturated heterocycles. The van der Waals surface area contributed by atoms with Crippen molar-refractivity contribution in [2.24, 2.45) is 0 Å². The van der Waals surface area contributed by atoms with Crippen molar-refractivity contribution in [3.63, 3.8) is 0 Å². The summed E-state index contributed by atoms with van der Waals surface area (Å²) >= 11 is 3.51. The Morgan fingerprint density at radius 2 is 1.68 bits per heavy atom. The van der Waals surface area contributed by atoms with Crippen molar-refractivity contribution in [1.82, 2.24) is 0 Å². The Balaban J connectivity index is 1.81. The Bertz CT molecular complexity index is 583. The minimum Gasteiger partial charge on any atom is -0.446 e. The maximum atomic E-state index is 9.93. The standard InChI is InChI=1S/C15H15BOS2/c1-18-12-4-6-13(7-5-12)19-14-3-2-11-8-9-16(17)15(11)10-14/h2-7,10,17H,8-9H2,1H3. The highest BCUT2D eigenvalue weighted by molar-refractivity contribution is 7.99.